The van der Waals surface area contributed by atoms with E-state index >= 15 is 0 Å². The normalized spacial score (nSPS) is 35.8. The van der Waals surface area contributed by atoms with Crippen LogP contribution in [0.5, 0.6) is 0 Å². The molecule has 2 bridgehead atoms. The van der Waals surface area contributed by atoms with Crippen LogP contribution in [0.15, 0.2) is 24.4 Å². The second-order valence-electron chi connectivity index (χ2n) is 6.99. The molecule has 0 spiro atoms. The smallest absolute Gasteiger partial charge is 0.109 e. The number of nitrogens with zero attached hydrogens (tertiary/aromatic N) is 3. The van der Waals surface area contributed by atoms with Crippen LogP contribution in [-0.4, -0.2) is 58.7 Å². The third-order valence-electron chi connectivity index (χ3n) is 5.86. The summed E-state index contributed by atoms with van der Waals surface area (Å²) in [5.74, 6) is 0.885. The Labute approximate surface area is 126 Å². The minimum atomic E-state index is -0.717. The summed E-state index contributed by atoms with van der Waals surface area (Å²) in [4.78, 5) is 9.62. The van der Waals surface area contributed by atoms with E-state index in [4.69, 9.17) is 0 Å². The van der Waals surface area contributed by atoms with Gasteiger partial charge < -0.3 is 10.0 Å². The van der Waals surface area contributed by atoms with Crippen molar-refractivity contribution in [2.75, 3.05) is 32.7 Å². The molecule has 114 valence electrons. The Kier molecular flexibility index (Phi) is 3.48. The number of fused-ring (bicyclic) bond motifs is 3. The average molecular weight is 287 g/mol. The van der Waals surface area contributed by atoms with Gasteiger partial charge in [-0.1, -0.05) is 6.07 Å². The Morgan fingerprint density at radius 2 is 1.86 bits per heavy atom. The number of aromatic nitrogens is 1. The van der Waals surface area contributed by atoms with Crippen molar-refractivity contribution in [1.82, 2.24) is 14.8 Å². The molecular formula is C17H25N3O. The minimum Gasteiger partial charge on any atom is -0.383 e. The van der Waals surface area contributed by atoms with Crippen LogP contribution in [0.25, 0.3) is 0 Å². The zero-order chi connectivity index (χ0) is 14.3. The van der Waals surface area contributed by atoms with Gasteiger partial charge in [-0.05, 0) is 56.8 Å². The topological polar surface area (TPSA) is 39.6 Å². The number of piperidine rings is 4. The van der Waals surface area contributed by atoms with E-state index in [9.17, 15) is 5.11 Å². The van der Waals surface area contributed by atoms with Crippen molar-refractivity contribution in [2.24, 2.45) is 5.92 Å². The zero-order valence-electron chi connectivity index (χ0n) is 12.6. The first-order valence-electron chi connectivity index (χ1n) is 8.35. The molecule has 1 aromatic rings. The summed E-state index contributed by atoms with van der Waals surface area (Å²) in [5.41, 5.74) is 0.129. The summed E-state index contributed by atoms with van der Waals surface area (Å²) in [7, 11) is 0. The molecule has 4 aliphatic rings. The van der Waals surface area contributed by atoms with Crippen LogP contribution in [0.2, 0.25) is 0 Å². The molecule has 4 aliphatic heterocycles. The van der Waals surface area contributed by atoms with Gasteiger partial charge in [0.05, 0.1) is 5.69 Å². The molecule has 0 saturated carbocycles. The summed E-state index contributed by atoms with van der Waals surface area (Å²) >= 11 is 0. The molecule has 4 nitrogen and oxygen atoms in total. The maximum Gasteiger partial charge on any atom is 0.109 e. The predicted octanol–water partition coefficient (Wildman–Crippen LogP) is 1.46. The molecular weight excluding hydrogens is 262 g/mol. The van der Waals surface area contributed by atoms with Crippen LogP contribution in [0.1, 0.15) is 31.4 Å². The van der Waals surface area contributed by atoms with E-state index < -0.39 is 5.60 Å². The molecule has 21 heavy (non-hydrogen) atoms. The second-order valence-corrected chi connectivity index (χ2v) is 6.99. The monoisotopic (exact) mass is 287 g/mol. The Morgan fingerprint density at radius 1 is 1.10 bits per heavy atom. The maximum atomic E-state index is 10.9. The van der Waals surface area contributed by atoms with Gasteiger partial charge in [0.1, 0.15) is 5.60 Å². The summed E-state index contributed by atoms with van der Waals surface area (Å²) in [6, 6.07) is 6.57. The van der Waals surface area contributed by atoms with Crippen molar-refractivity contribution in [1.29, 1.82) is 0 Å². The fourth-order valence-corrected chi connectivity index (χ4v) is 4.47. The van der Waals surface area contributed by atoms with E-state index in [1.807, 2.05) is 18.2 Å². The molecule has 1 aromatic heterocycles. The summed E-state index contributed by atoms with van der Waals surface area (Å²) in [6.45, 7) is 5.84. The number of aliphatic hydroxyl groups is 1. The lowest BCUT2D eigenvalue weighted by atomic mass is 9.80. The SMILES string of the molecule is OC1(c2ccccn2)CCN([C@H]2CN3CCC2CC3)CC1. The molecule has 0 unspecified atom stereocenters. The third kappa shape index (κ3) is 2.50. The summed E-state index contributed by atoms with van der Waals surface area (Å²) in [6.07, 6.45) is 6.14. The molecule has 4 fully saturated rings. The Hall–Kier alpha value is -0.970. The van der Waals surface area contributed by atoms with Crippen LogP contribution in [0, 0.1) is 5.92 Å². The lowest BCUT2D eigenvalue weighted by Gasteiger charge is -2.51. The van der Waals surface area contributed by atoms with Crippen LogP contribution in [0.4, 0.5) is 0 Å². The van der Waals surface area contributed by atoms with Gasteiger partial charge in [-0.2, -0.15) is 0 Å². The molecule has 5 rings (SSSR count). The van der Waals surface area contributed by atoms with Crippen molar-refractivity contribution in [3.05, 3.63) is 30.1 Å². The number of hydrogen-bond donors (Lipinski definition) is 1. The first-order chi connectivity index (χ1) is 10.2. The van der Waals surface area contributed by atoms with Gasteiger partial charge in [0, 0.05) is 31.9 Å². The highest BCUT2D eigenvalue weighted by molar-refractivity contribution is 5.14. The highest BCUT2D eigenvalue weighted by atomic mass is 16.3. The van der Waals surface area contributed by atoms with Gasteiger partial charge in [-0.3, -0.25) is 9.88 Å². The van der Waals surface area contributed by atoms with Crippen molar-refractivity contribution in [3.63, 3.8) is 0 Å². The lowest BCUT2D eigenvalue weighted by Crippen LogP contribution is -2.59. The van der Waals surface area contributed by atoms with Crippen LogP contribution >= 0.6 is 0 Å². The molecule has 4 saturated heterocycles. The molecule has 5 heterocycles. The van der Waals surface area contributed by atoms with Gasteiger partial charge in [0.25, 0.3) is 0 Å². The average Bonchev–Trinajstić information content (AvgIpc) is 2.57. The van der Waals surface area contributed by atoms with Gasteiger partial charge >= 0.3 is 0 Å². The fraction of sp³-hybridized carbons (Fsp3) is 0.706. The van der Waals surface area contributed by atoms with E-state index in [2.05, 4.69) is 14.8 Å². The highest BCUT2D eigenvalue weighted by Crippen LogP contribution is 2.36. The van der Waals surface area contributed by atoms with Crippen molar-refractivity contribution < 1.29 is 5.11 Å². The van der Waals surface area contributed by atoms with Gasteiger partial charge in [0.15, 0.2) is 0 Å². The molecule has 0 amide bonds. The number of pyridine rings is 1. The van der Waals surface area contributed by atoms with Crippen LogP contribution < -0.4 is 0 Å². The standard InChI is InChI=1S/C17H25N3O/c21-17(16-3-1-2-8-18-16)6-11-20(12-7-17)15-13-19-9-4-14(15)5-10-19/h1-3,8,14-15,21H,4-7,9-13H2/t15-/m0/s1. The maximum absolute atomic E-state index is 10.9. The van der Waals surface area contributed by atoms with Gasteiger partial charge in [0.2, 0.25) is 0 Å². The van der Waals surface area contributed by atoms with Gasteiger partial charge in [-0.25, -0.2) is 0 Å². The van der Waals surface area contributed by atoms with Gasteiger partial charge in [-0.15, -0.1) is 0 Å². The summed E-state index contributed by atoms with van der Waals surface area (Å²) < 4.78 is 0. The molecule has 1 atom stereocenters. The fourth-order valence-electron chi connectivity index (χ4n) is 4.47. The Morgan fingerprint density at radius 3 is 2.43 bits per heavy atom. The third-order valence-corrected chi connectivity index (χ3v) is 5.86. The van der Waals surface area contributed by atoms with Crippen LogP contribution in [0.3, 0.4) is 0 Å². The molecule has 0 aliphatic carbocycles. The summed E-state index contributed by atoms with van der Waals surface area (Å²) in [5, 5.41) is 10.9. The minimum absolute atomic E-state index is 0.717. The van der Waals surface area contributed by atoms with E-state index in [-0.39, 0.29) is 0 Å². The molecule has 0 radical (unpaired) electrons. The highest BCUT2D eigenvalue weighted by Gasteiger charge is 2.42. The Bertz CT molecular complexity index is 476. The first-order valence-corrected chi connectivity index (χ1v) is 8.35. The van der Waals surface area contributed by atoms with Crippen LogP contribution in [-0.2, 0) is 5.60 Å². The second kappa shape index (κ2) is 5.34. The van der Waals surface area contributed by atoms with Crippen molar-refractivity contribution >= 4 is 0 Å². The van der Waals surface area contributed by atoms with Crippen molar-refractivity contribution in [3.8, 4) is 0 Å². The molecule has 0 aromatic carbocycles. The van der Waals surface area contributed by atoms with E-state index in [1.54, 1.807) is 6.20 Å². The Balaban J connectivity index is 1.43. The molecule has 4 heteroatoms. The predicted molar refractivity (Wildman–Crippen MR) is 81.9 cm³/mol. The number of hydrogen-bond acceptors (Lipinski definition) is 4. The lowest BCUT2D eigenvalue weighted by molar-refractivity contribution is -0.0670. The number of likely N-dealkylation sites (tertiary alicyclic amines) is 1. The first kappa shape index (κ1) is 13.7. The quantitative estimate of drug-likeness (QED) is 0.894. The van der Waals surface area contributed by atoms with E-state index in [0.29, 0.717) is 0 Å². The molecule has 1 N–H and O–H groups in total. The van der Waals surface area contributed by atoms with E-state index in [0.717, 1.165) is 43.6 Å². The van der Waals surface area contributed by atoms with Crippen molar-refractivity contribution in [2.45, 2.75) is 37.3 Å². The number of rotatable bonds is 2. The zero-order valence-corrected chi connectivity index (χ0v) is 12.6. The largest absolute Gasteiger partial charge is 0.383 e. The van der Waals surface area contributed by atoms with E-state index in [1.165, 1.54) is 32.5 Å².